The fraction of sp³-hybridized carbons (Fsp3) is 0.385. The van der Waals surface area contributed by atoms with Crippen LogP contribution in [0.2, 0.25) is 0 Å². The maximum absolute atomic E-state index is 9.63. The Kier molecular flexibility index (Phi) is 5.78. The second-order valence-electron chi connectivity index (χ2n) is 3.65. The van der Waals surface area contributed by atoms with Crippen LogP contribution in [-0.4, -0.2) is 29.5 Å². The van der Waals surface area contributed by atoms with Crippen LogP contribution in [0.3, 0.4) is 0 Å². The van der Waals surface area contributed by atoms with Gasteiger partial charge in [0.1, 0.15) is 0 Å². The van der Waals surface area contributed by atoms with E-state index in [2.05, 4.69) is 6.58 Å². The third kappa shape index (κ3) is 4.14. The van der Waals surface area contributed by atoms with Crippen LogP contribution in [0.4, 0.5) is 0 Å². The average Bonchev–Trinajstić information content (AvgIpc) is 2.32. The monoisotopic (exact) mass is 222 g/mol. The van der Waals surface area contributed by atoms with E-state index in [1.807, 2.05) is 30.3 Å². The van der Waals surface area contributed by atoms with Gasteiger partial charge >= 0.3 is 0 Å². The van der Waals surface area contributed by atoms with Gasteiger partial charge in [-0.15, -0.1) is 6.58 Å². The van der Waals surface area contributed by atoms with E-state index in [0.29, 0.717) is 6.61 Å². The molecule has 16 heavy (non-hydrogen) atoms. The van der Waals surface area contributed by atoms with Crippen molar-refractivity contribution in [1.29, 1.82) is 0 Å². The van der Waals surface area contributed by atoms with Gasteiger partial charge in [-0.05, 0) is 5.56 Å². The maximum Gasteiger partial charge on any atom is 0.0858 e. The van der Waals surface area contributed by atoms with Crippen molar-refractivity contribution < 1.29 is 14.9 Å². The predicted octanol–water partition coefficient (Wildman–Crippen LogP) is 1.36. The minimum atomic E-state index is -0.703. The minimum Gasteiger partial charge on any atom is -0.396 e. The van der Waals surface area contributed by atoms with Crippen molar-refractivity contribution in [2.45, 2.75) is 12.7 Å². The summed E-state index contributed by atoms with van der Waals surface area (Å²) in [5.41, 5.74) is 1.06. The predicted molar refractivity (Wildman–Crippen MR) is 62.9 cm³/mol. The van der Waals surface area contributed by atoms with Crippen molar-refractivity contribution >= 4 is 0 Å². The molecule has 1 aromatic rings. The van der Waals surface area contributed by atoms with Crippen molar-refractivity contribution in [2.24, 2.45) is 5.92 Å². The number of hydrogen-bond donors (Lipinski definition) is 2. The Morgan fingerprint density at radius 1 is 1.31 bits per heavy atom. The number of aliphatic hydroxyl groups is 2. The lowest BCUT2D eigenvalue weighted by atomic mass is 10.1. The molecule has 0 aromatic heterocycles. The first kappa shape index (κ1) is 12.9. The summed E-state index contributed by atoms with van der Waals surface area (Å²) in [6.45, 7) is 4.10. The van der Waals surface area contributed by atoms with E-state index in [0.717, 1.165) is 5.56 Å². The van der Waals surface area contributed by atoms with E-state index in [-0.39, 0.29) is 19.1 Å². The van der Waals surface area contributed by atoms with Gasteiger partial charge in [0.15, 0.2) is 0 Å². The summed E-state index contributed by atoms with van der Waals surface area (Å²) in [6, 6.07) is 9.75. The molecule has 0 unspecified atom stereocenters. The Morgan fingerprint density at radius 3 is 2.56 bits per heavy atom. The second kappa shape index (κ2) is 7.17. The molecule has 1 rings (SSSR count). The van der Waals surface area contributed by atoms with E-state index >= 15 is 0 Å². The lowest BCUT2D eigenvalue weighted by Crippen LogP contribution is -2.26. The van der Waals surface area contributed by atoms with Crippen molar-refractivity contribution in [3.8, 4) is 0 Å². The largest absolute Gasteiger partial charge is 0.396 e. The second-order valence-corrected chi connectivity index (χ2v) is 3.65. The van der Waals surface area contributed by atoms with Gasteiger partial charge < -0.3 is 14.9 Å². The summed E-state index contributed by atoms with van der Waals surface area (Å²) >= 11 is 0. The minimum absolute atomic E-state index is 0.112. The van der Waals surface area contributed by atoms with Crippen LogP contribution in [-0.2, 0) is 11.3 Å². The van der Waals surface area contributed by atoms with Crippen LogP contribution in [0.1, 0.15) is 5.56 Å². The molecule has 0 fully saturated rings. The number of ether oxygens (including phenoxy) is 1. The first-order valence-corrected chi connectivity index (χ1v) is 5.31. The highest BCUT2D eigenvalue weighted by Gasteiger charge is 2.14. The summed E-state index contributed by atoms with van der Waals surface area (Å²) in [5, 5.41) is 18.6. The van der Waals surface area contributed by atoms with Gasteiger partial charge in [0.25, 0.3) is 0 Å². The van der Waals surface area contributed by atoms with E-state index in [1.54, 1.807) is 0 Å². The molecule has 0 aliphatic rings. The van der Waals surface area contributed by atoms with Crippen LogP contribution in [0.15, 0.2) is 43.0 Å². The van der Waals surface area contributed by atoms with E-state index in [4.69, 9.17) is 9.84 Å². The zero-order valence-corrected chi connectivity index (χ0v) is 9.25. The van der Waals surface area contributed by atoms with E-state index < -0.39 is 6.10 Å². The van der Waals surface area contributed by atoms with Crippen molar-refractivity contribution in [1.82, 2.24) is 0 Å². The molecule has 0 saturated heterocycles. The van der Waals surface area contributed by atoms with Gasteiger partial charge in [-0.1, -0.05) is 36.4 Å². The number of hydrogen-bond acceptors (Lipinski definition) is 3. The Morgan fingerprint density at radius 2 is 2.00 bits per heavy atom. The number of benzene rings is 1. The highest BCUT2D eigenvalue weighted by atomic mass is 16.5. The van der Waals surface area contributed by atoms with Gasteiger partial charge in [-0.3, -0.25) is 0 Å². The van der Waals surface area contributed by atoms with Crippen LogP contribution < -0.4 is 0 Å². The molecule has 3 heteroatoms. The van der Waals surface area contributed by atoms with Gasteiger partial charge in [-0.25, -0.2) is 0 Å². The van der Waals surface area contributed by atoms with Crippen LogP contribution >= 0.6 is 0 Å². The first-order chi connectivity index (χ1) is 7.77. The van der Waals surface area contributed by atoms with Gasteiger partial charge in [0.05, 0.1) is 25.9 Å². The molecule has 0 amide bonds. The molecule has 0 aliphatic carbocycles. The standard InChI is InChI=1S/C13H18O3/c1-2-12(8-14)13(15)10-16-9-11-6-4-3-5-7-11/h2-7,12-15H,1,8-10H2/t12-,13-/m0/s1. The lowest BCUT2D eigenvalue weighted by Gasteiger charge is -2.17. The third-order valence-corrected chi connectivity index (χ3v) is 2.41. The first-order valence-electron chi connectivity index (χ1n) is 5.31. The smallest absolute Gasteiger partial charge is 0.0858 e. The highest BCUT2D eigenvalue weighted by Crippen LogP contribution is 2.07. The SMILES string of the molecule is C=C[C@@H](CO)[C@@H](O)COCc1ccccc1. The molecule has 0 radical (unpaired) electrons. The van der Waals surface area contributed by atoms with Crippen LogP contribution in [0, 0.1) is 5.92 Å². The molecule has 0 heterocycles. The third-order valence-electron chi connectivity index (χ3n) is 2.41. The molecule has 2 atom stereocenters. The van der Waals surface area contributed by atoms with Crippen molar-refractivity contribution in [2.75, 3.05) is 13.2 Å². The number of rotatable bonds is 7. The highest BCUT2D eigenvalue weighted by molar-refractivity contribution is 5.13. The fourth-order valence-electron chi connectivity index (χ4n) is 1.35. The van der Waals surface area contributed by atoms with Gasteiger partial charge in [0.2, 0.25) is 0 Å². The molecule has 0 bridgehead atoms. The summed E-state index contributed by atoms with van der Waals surface area (Å²) in [5.74, 6) is -0.323. The lowest BCUT2D eigenvalue weighted by molar-refractivity contribution is -0.00332. The molecule has 1 aromatic carbocycles. The Hall–Kier alpha value is -1.16. The molecule has 2 N–H and O–H groups in total. The molecule has 3 nitrogen and oxygen atoms in total. The Balaban J connectivity index is 2.27. The zero-order valence-electron chi connectivity index (χ0n) is 9.25. The van der Waals surface area contributed by atoms with E-state index in [9.17, 15) is 5.11 Å². The Bertz CT molecular complexity index is 297. The molecule has 0 spiro atoms. The van der Waals surface area contributed by atoms with Gasteiger partial charge in [-0.2, -0.15) is 0 Å². The number of aliphatic hydroxyl groups excluding tert-OH is 2. The molecule has 0 aliphatic heterocycles. The summed E-state index contributed by atoms with van der Waals surface area (Å²) in [6.07, 6.45) is 0.836. The van der Waals surface area contributed by atoms with E-state index in [1.165, 1.54) is 6.08 Å². The van der Waals surface area contributed by atoms with Crippen molar-refractivity contribution in [3.05, 3.63) is 48.6 Å². The fourth-order valence-corrected chi connectivity index (χ4v) is 1.35. The van der Waals surface area contributed by atoms with Crippen LogP contribution in [0.25, 0.3) is 0 Å². The average molecular weight is 222 g/mol. The molecule has 88 valence electrons. The zero-order chi connectivity index (χ0) is 11.8. The summed E-state index contributed by atoms with van der Waals surface area (Å²) in [4.78, 5) is 0. The van der Waals surface area contributed by atoms with Crippen LogP contribution in [0.5, 0.6) is 0 Å². The van der Waals surface area contributed by atoms with Gasteiger partial charge in [0, 0.05) is 5.92 Å². The molecular formula is C13H18O3. The van der Waals surface area contributed by atoms with Crippen molar-refractivity contribution in [3.63, 3.8) is 0 Å². The molecular weight excluding hydrogens is 204 g/mol. The topological polar surface area (TPSA) is 49.7 Å². The quantitative estimate of drug-likeness (QED) is 0.685. The normalized spacial score (nSPS) is 14.4. The summed E-state index contributed by atoms with van der Waals surface area (Å²) < 4.78 is 5.36. The Labute approximate surface area is 96.0 Å². The summed E-state index contributed by atoms with van der Waals surface area (Å²) in [7, 11) is 0. The maximum atomic E-state index is 9.63. The molecule has 0 saturated carbocycles.